The molecule has 0 unspecified atom stereocenters. The first-order valence-corrected chi connectivity index (χ1v) is 9.37. The van der Waals surface area contributed by atoms with Crippen LogP contribution in [0.25, 0.3) is 43.8 Å². The summed E-state index contributed by atoms with van der Waals surface area (Å²) < 4.78 is 0. The molecular formula is C26H16B2. The van der Waals surface area contributed by atoms with Crippen molar-refractivity contribution in [2.24, 2.45) is 0 Å². The number of rotatable bonds is 2. The van der Waals surface area contributed by atoms with Gasteiger partial charge in [0.2, 0.25) is 0 Å². The fraction of sp³-hybridized carbons (Fsp3) is 0. The highest BCUT2D eigenvalue weighted by Crippen LogP contribution is 2.27. The van der Waals surface area contributed by atoms with E-state index < -0.39 is 0 Å². The summed E-state index contributed by atoms with van der Waals surface area (Å²) in [5.74, 6) is 0. The molecule has 126 valence electrons. The third-order valence-electron chi connectivity index (χ3n) is 5.41. The minimum atomic E-state index is 0.775. The molecule has 0 nitrogen and oxygen atoms in total. The van der Waals surface area contributed by atoms with Crippen LogP contribution in [0.3, 0.4) is 0 Å². The molecule has 0 heterocycles. The Morgan fingerprint density at radius 2 is 0.750 bits per heavy atom. The molecule has 0 aromatic heterocycles. The summed E-state index contributed by atoms with van der Waals surface area (Å²) in [5.41, 5.74) is 6.16. The highest BCUT2D eigenvalue weighted by molar-refractivity contribution is 6.53. The molecule has 4 radical (unpaired) electrons. The topological polar surface area (TPSA) is 0 Å². The highest BCUT2D eigenvalue weighted by Gasteiger charge is 2.10. The second kappa shape index (κ2) is 6.73. The third kappa shape index (κ3) is 2.73. The van der Waals surface area contributed by atoms with Crippen LogP contribution in [0.2, 0.25) is 0 Å². The van der Waals surface area contributed by atoms with Crippen molar-refractivity contribution in [1.29, 1.82) is 0 Å². The van der Waals surface area contributed by atoms with E-state index in [1.807, 2.05) is 36.4 Å². The molecule has 0 aliphatic carbocycles. The van der Waals surface area contributed by atoms with E-state index in [9.17, 15) is 0 Å². The van der Waals surface area contributed by atoms with Crippen LogP contribution >= 0.6 is 0 Å². The van der Waals surface area contributed by atoms with Gasteiger partial charge in [-0.25, -0.2) is 0 Å². The van der Waals surface area contributed by atoms with Gasteiger partial charge in [0.05, 0.1) is 0 Å². The Morgan fingerprint density at radius 1 is 0.357 bits per heavy atom. The van der Waals surface area contributed by atoms with Crippen molar-refractivity contribution >= 4 is 48.2 Å². The van der Waals surface area contributed by atoms with Crippen molar-refractivity contribution in [3.63, 3.8) is 0 Å². The average Bonchev–Trinajstić information content (AvgIpc) is 2.78. The minimum Gasteiger partial charge on any atom is -0.0813 e. The fourth-order valence-electron chi connectivity index (χ4n) is 3.91. The number of hydrogen-bond acceptors (Lipinski definition) is 0. The molecular weight excluding hydrogens is 334 g/mol. The van der Waals surface area contributed by atoms with Crippen LogP contribution in [0, 0.1) is 0 Å². The van der Waals surface area contributed by atoms with E-state index in [0.717, 1.165) is 43.6 Å². The number of fused-ring (bicyclic) bond motifs is 2. The van der Waals surface area contributed by atoms with Crippen LogP contribution in [0.4, 0.5) is 0 Å². The Labute approximate surface area is 167 Å². The summed E-state index contributed by atoms with van der Waals surface area (Å²) in [5, 5.41) is 3.99. The van der Waals surface area contributed by atoms with Crippen LogP contribution in [-0.4, -0.2) is 15.7 Å². The molecule has 0 spiro atoms. The molecule has 0 N–H and O–H groups in total. The molecule has 0 bridgehead atoms. The van der Waals surface area contributed by atoms with E-state index >= 15 is 0 Å². The number of hydrogen-bond donors (Lipinski definition) is 0. The Balaban J connectivity index is 1.76. The third-order valence-corrected chi connectivity index (χ3v) is 5.41. The summed E-state index contributed by atoms with van der Waals surface area (Å²) in [6.45, 7) is 0. The summed E-state index contributed by atoms with van der Waals surface area (Å²) in [4.78, 5) is 0. The number of benzene rings is 5. The Bertz CT molecular complexity index is 1200. The van der Waals surface area contributed by atoms with Crippen molar-refractivity contribution in [3.8, 4) is 22.3 Å². The predicted octanol–water partition coefficient (Wildman–Crippen LogP) is 4.91. The van der Waals surface area contributed by atoms with E-state index in [4.69, 9.17) is 15.7 Å². The van der Waals surface area contributed by atoms with E-state index in [0.29, 0.717) is 0 Å². The molecule has 0 atom stereocenters. The quantitative estimate of drug-likeness (QED) is 0.313. The van der Waals surface area contributed by atoms with Crippen molar-refractivity contribution in [2.75, 3.05) is 0 Å². The lowest BCUT2D eigenvalue weighted by atomic mass is 9.76. The van der Waals surface area contributed by atoms with Crippen molar-refractivity contribution in [1.82, 2.24) is 0 Å². The van der Waals surface area contributed by atoms with Gasteiger partial charge in [-0.15, -0.1) is 0 Å². The van der Waals surface area contributed by atoms with E-state index in [1.165, 1.54) is 11.1 Å². The van der Waals surface area contributed by atoms with E-state index in [-0.39, 0.29) is 0 Å². The second-order valence-corrected chi connectivity index (χ2v) is 7.08. The van der Waals surface area contributed by atoms with Crippen molar-refractivity contribution < 1.29 is 0 Å². The molecule has 0 amide bonds. The maximum absolute atomic E-state index is 6.60. The van der Waals surface area contributed by atoms with Gasteiger partial charge < -0.3 is 0 Å². The van der Waals surface area contributed by atoms with Crippen molar-refractivity contribution in [3.05, 3.63) is 97.1 Å². The monoisotopic (exact) mass is 350 g/mol. The van der Waals surface area contributed by atoms with Crippen LogP contribution in [-0.2, 0) is 0 Å². The summed E-state index contributed by atoms with van der Waals surface area (Å²) in [6.07, 6.45) is 0. The SMILES string of the molecule is [B]c1c2ccc(-c3ccccc3)cc2c([B])c2ccc(-c3ccccc3)cc12. The maximum Gasteiger partial charge on any atom is 0.115 e. The lowest BCUT2D eigenvalue weighted by Gasteiger charge is -2.15. The van der Waals surface area contributed by atoms with Gasteiger partial charge in [-0.05, 0) is 55.9 Å². The molecule has 5 aromatic carbocycles. The van der Waals surface area contributed by atoms with Gasteiger partial charge in [-0.1, -0.05) is 95.9 Å². The van der Waals surface area contributed by atoms with Crippen molar-refractivity contribution in [2.45, 2.75) is 0 Å². The van der Waals surface area contributed by atoms with Gasteiger partial charge in [0, 0.05) is 0 Å². The fourth-order valence-corrected chi connectivity index (χ4v) is 3.91. The zero-order valence-electron chi connectivity index (χ0n) is 15.4. The second-order valence-electron chi connectivity index (χ2n) is 7.08. The lowest BCUT2D eigenvalue weighted by Crippen LogP contribution is -2.16. The molecule has 0 saturated carbocycles. The minimum absolute atomic E-state index is 0.775. The first-order chi connectivity index (χ1) is 13.7. The van der Waals surface area contributed by atoms with Gasteiger partial charge in [0.25, 0.3) is 0 Å². The van der Waals surface area contributed by atoms with Gasteiger partial charge in [-0.2, -0.15) is 0 Å². The zero-order valence-corrected chi connectivity index (χ0v) is 15.4. The maximum atomic E-state index is 6.60. The summed E-state index contributed by atoms with van der Waals surface area (Å²) in [6, 6.07) is 33.3. The van der Waals surface area contributed by atoms with Gasteiger partial charge >= 0.3 is 0 Å². The molecule has 0 aliphatic rings. The Morgan fingerprint density at radius 3 is 1.14 bits per heavy atom. The van der Waals surface area contributed by atoms with Gasteiger partial charge in [0.1, 0.15) is 15.7 Å². The standard InChI is InChI=1S/C26H16B2/c27-25-22-14-12-20(18-9-5-2-6-10-18)16-24(22)26(28)21-13-11-19(15-23(21)25)17-7-3-1-4-8-17/h1-16H. The molecule has 28 heavy (non-hydrogen) atoms. The van der Waals surface area contributed by atoms with Crippen LogP contribution < -0.4 is 10.9 Å². The zero-order chi connectivity index (χ0) is 19.1. The molecule has 0 fully saturated rings. The highest BCUT2D eigenvalue weighted by atomic mass is 14.1. The first kappa shape index (κ1) is 16.9. The average molecular weight is 350 g/mol. The van der Waals surface area contributed by atoms with Crippen LogP contribution in [0.5, 0.6) is 0 Å². The predicted molar refractivity (Wildman–Crippen MR) is 123 cm³/mol. The molecule has 0 saturated heterocycles. The largest absolute Gasteiger partial charge is 0.115 e. The van der Waals surface area contributed by atoms with E-state index in [2.05, 4.69) is 60.7 Å². The Kier molecular flexibility index (Phi) is 4.06. The summed E-state index contributed by atoms with van der Waals surface area (Å²) in [7, 11) is 13.2. The molecule has 5 aromatic rings. The van der Waals surface area contributed by atoms with E-state index in [1.54, 1.807) is 0 Å². The first-order valence-electron chi connectivity index (χ1n) is 9.37. The van der Waals surface area contributed by atoms with Gasteiger partial charge in [0.15, 0.2) is 0 Å². The smallest absolute Gasteiger partial charge is 0.0813 e. The summed E-state index contributed by atoms with van der Waals surface area (Å²) >= 11 is 0. The Hall–Kier alpha value is -3.25. The lowest BCUT2D eigenvalue weighted by molar-refractivity contribution is 1.65. The van der Waals surface area contributed by atoms with Crippen LogP contribution in [0.1, 0.15) is 0 Å². The van der Waals surface area contributed by atoms with Crippen LogP contribution in [0.15, 0.2) is 97.1 Å². The molecule has 5 rings (SSSR count). The normalized spacial score (nSPS) is 11.1. The molecule has 0 aliphatic heterocycles. The van der Waals surface area contributed by atoms with Gasteiger partial charge in [-0.3, -0.25) is 0 Å². The molecule has 2 heteroatoms.